The normalized spacial score (nSPS) is 12.4. The molecule has 9 nitrogen and oxygen atoms in total. The predicted molar refractivity (Wildman–Crippen MR) is 125 cm³/mol. The molecule has 1 aliphatic rings. The molecule has 172 valence electrons. The number of nitrogens with one attached hydrogen (secondary N) is 2. The monoisotopic (exact) mass is 459 g/mol. The summed E-state index contributed by atoms with van der Waals surface area (Å²) in [7, 11) is 1.43. The molecule has 0 spiro atoms. The zero-order chi connectivity index (χ0) is 23.9. The molecular formula is C25H21N3O6. The van der Waals surface area contributed by atoms with Gasteiger partial charge in [0.1, 0.15) is 5.70 Å². The van der Waals surface area contributed by atoms with Crippen molar-refractivity contribution in [2.24, 2.45) is 5.10 Å². The van der Waals surface area contributed by atoms with Crippen molar-refractivity contribution < 1.29 is 28.9 Å². The van der Waals surface area contributed by atoms with E-state index in [1.54, 1.807) is 66.7 Å². The second kappa shape index (κ2) is 10.2. The molecule has 0 aliphatic carbocycles. The Kier molecular flexibility index (Phi) is 6.73. The van der Waals surface area contributed by atoms with Crippen LogP contribution in [0.1, 0.15) is 21.5 Å². The molecular weight excluding hydrogens is 438 g/mol. The standard InChI is InChI=1S/C25H21N3O6/c1-32-21-9-5-8-18(23(21)29)14-26-28-25(31)19(27-24(30)17-6-3-2-4-7-17)12-16-10-11-20-22(13-16)34-15-33-20/h2-14,29H,15H2,1H3,(H,27,30)(H,28,31)/b19-12?,26-14+. The smallest absolute Gasteiger partial charge is 0.287 e. The van der Waals surface area contributed by atoms with Gasteiger partial charge in [-0.25, -0.2) is 5.43 Å². The molecule has 1 heterocycles. The number of nitrogens with zero attached hydrogens (tertiary/aromatic N) is 1. The molecule has 0 saturated heterocycles. The number of rotatable bonds is 7. The first kappa shape index (κ1) is 22.4. The average Bonchev–Trinajstić information content (AvgIpc) is 3.33. The number of hydrazone groups is 1. The first-order chi connectivity index (χ1) is 16.5. The zero-order valence-corrected chi connectivity index (χ0v) is 18.1. The van der Waals surface area contributed by atoms with E-state index in [2.05, 4.69) is 15.8 Å². The van der Waals surface area contributed by atoms with E-state index in [1.807, 2.05) is 0 Å². The molecule has 1 aliphatic heterocycles. The van der Waals surface area contributed by atoms with Gasteiger partial charge in [0.05, 0.1) is 13.3 Å². The van der Waals surface area contributed by atoms with Crippen molar-refractivity contribution in [2.75, 3.05) is 13.9 Å². The van der Waals surface area contributed by atoms with Crippen LogP contribution in [0, 0.1) is 0 Å². The minimum absolute atomic E-state index is 0.0419. The number of benzene rings is 3. The largest absolute Gasteiger partial charge is 0.504 e. The van der Waals surface area contributed by atoms with Crippen molar-refractivity contribution in [3.63, 3.8) is 0 Å². The topological polar surface area (TPSA) is 118 Å². The van der Waals surface area contributed by atoms with E-state index in [4.69, 9.17) is 14.2 Å². The second-order valence-electron chi connectivity index (χ2n) is 7.09. The van der Waals surface area contributed by atoms with Gasteiger partial charge >= 0.3 is 0 Å². The Morgan fingerprint density at radius 3 is 2.62 bits per heavy atom. The van der Waals surface area contributed by atoms with Crippen LogP contribution in [-0.4, -0.2) is 37.0 Å². The lowest BCUT2D eigenvalue weighted by molar-refractivity contribution is -0.117. The highest BCUT2D eigenvalue weighted by atomic mass is 16.7. The van der Waals surface area contributed by atoms with Crippen LogP contribution in [0.5, 0.6) is 23.0 Å². The molecule has 3 aromatic carbocycles. The molecule has 3 aromatic rings. The van der Waals surface area contributed by atoms with Gasteiger partial charge in [-0.15, -0.1) is 0 Å². The van der Waals surface area contributed by atoms with Crippen molar-refractivity contribution in [1.29, 1.82) is 0 Å². The summed E-state index contributed by atoms with van der Waals surface area (Å²) in [6.45, 7) is 0.117. The second-order valence-corrected chi connectivity index (χ2v) is 7.09. The van der Waals surface area contributed by atoms with Crippen LogP contribution in [0.25, 0.3) is 6.08 Å². The summed E-state index contributed by atoms with van der Waals surface area (Å²) in [6.07, 6.45) is 2.77. The minimum Gasteiger partial charge on any atom is -0.504 e. The molecule has 0 atom stereocenters. The van der Waals surface area contributed by atoms with Crippen LogP contribution in [0.3, 0.4) is 0 Å². The summed E-state index contributed by atoms with van der Waals surface area (Å²) in [6, 6.07) is 18.5. The number of ether oxygens (including phenoxy) is 3. The highest BCUT2D eigenvalue weighted by Crippen LogP contribution is 2.33. The molecule has 0 radical (unpaired) electrons. The number of hydrogen-bond donors (Lipinski definition) is 3. The van der Waals surface area contributed by atoms with Crippen LogP contribution in [0.15, 0.2) is 77.5 Å². The van der Waals surface area contributed by atoms with Crippen LogP contribution in [0.4, 0.5) is 0 Å². The molecule has 34 heavy (non-hydrogen) atoms. The van der Waals surface area contributed by atoms with Gasteiger partial charge in [0.2, 0.25) is 6.79 Å². The number of phenolic OH excluding ortho intramolecular Hbond substituents is 1. The SMILES string of the molecule is COc1cccc(/C=N/NC(=O)C(=Cc2ccc3c(c2)OCO3)NC(=O)c2ccccc2)c1O. The number of phenols is 1. The fourth-order valence-corrected chi connectivity index (χ4v) is 3.14. The number of aromatic hydroxyl groups is 1. The maximum Gasteiger partial charge on any atom is 0.287 e. The molecule has 2 amide bonds. The van der Waals surface area contributed by atoms with Gasteiger partial charge in [-0.05, 0) is 48.0 Å². The van der Waals surface area contributed by atoms with E-state index >= 15 is 0 Å². The molecule has 0 fully saturated rings. The molecule has 9 heteroatoms. The maximum atomic E-state index is 12.9. The number of carbonyl (C=O) groups excluding carboxylic acids is 2. The van der Waals surface area contributed by atoms with E-state index < -0.39 is 11.8 Å². The summed E-state index contributed by atoms with van der Waals surface area (Å²) in [5, 5.41) is 16.7. The molecule has 0 aromatic heterocycles. The van der Waals surface area contributed by atoms with Gasteiger partial charge < -0.3 is 24.6 Å². The van der Waals surface area contributed by atoms with E-state index in [1.165, 1.54) is 19.4 Å². The van der Waals surface area contributed by atoms with Crippen molar-refractivity contribution in [1.82, 2.24) is 10.7 Å². The van der Waals surface area contributed by atoms with Gasteiger partial charge in [-0.1, -0.05) is 30.3 Å². The Bertz CT molecular complexity index is 1270. The molecule has 3 N–H and O–H groups in total. The van der Waals surface area contributed by atoms with Crippen LogP contribution in [0.2, 0.25) is 0 Å². The minimum atomic E-state index is -0.666. The Morgan fingerprint density at radius 1 is 1.03 bits per heavy atom. The third-order valence-electron chi connectivity index (χ3n) is 4.86. The Morgan fingerprint density at radius 2 is 1.82 bits per heavy atom. The van der Waals surface area contributed by atoms with Gasteiger partial charge in [-0.2, -0.15) is 5.10 Å². The van der Waals surface area contributed by atoms with Gasteiger partial charge in [0.25, 0.3) is 11.8 Å². The lowest BCUT2D eigenvalue weighted by Gasteiger charge is -2.10. The van der Waals surface area contributed by atoms with Crippen molar-refractivity contribution >= 4 is 24.1 Å². The number of para-hydroxylation sites is 1. The first-order valence-electron chi connectivity index (χ1n) is 10.2. The number of hydrogen-bond acceptors (Lipinski definition) is 7. The fraction of sp³-hybridized carbons (Fsp3) is 0.0800. The molecule has 0 bridgehead atoms. The quantitative estimate of drug-likeness (QED) is 0.284. The Hall–Kier alpha value is -4.79. The maximum absolute atomic E-state index is 12.9. The number of carbonyl (C=O) groups is 2. The summed E-state index contributed by atoms with van der Waals surface area (Å²) < 4.78 is 15.7. The first-order valence-corrected chi connectivity index (χ1v) is 10.2. The third-order valence-corrected chi connectivity index (χ3v) is 4.86. The summed E-state index contributed by atoms with van der Waals surface area (Å²) in [4.78, 5) is 25.6. The van der Waals surface area contributed by atoms with Crippen molar-refractivity contribution in [3.05, 3.63) is 89.1 Å². The van der Waals surface area contributed by atoms with E-state index in [9.17, 15) is 14.7 Å². The molecule has 4 rings (SSSR count). The lowest BCUT2D eigenvalue weighted by Crippen LogP contribution is -2.32. The average molecular weight is 459 g/mol. The van der Waals surface area contributed by atoms with Gasteiger partial charge in [0.15, 0.2) is 23.0 Å². The summed E-state index contributed by atoms with van der Waals surface area (Å²) >= 11 is 0. The Balaban J connectivity index is 1.57. The predicted octanol–water partition coefficient (Wildman–Crippen LogP) is 3.05. The summed E-state index contributed by atoms with van der Waals surface area (Å²) in [5.74, 6) is 0.164. The highest BCUT2D eigenvalue weighted by molar-refractivity contribution is 6.05. The van der Waals surface area contributed by atoms with E-state index in [-0.39, 0.29) is 24.0 Å². The van der Waals surface area contributed by atoms with Gasteiger partial charge in [-0.3, -0.25) is 9.59 Å². The van der Waals surface area contributed by atoms with E-state index in [0.29, 0.717) is 28.2 Å². The number of methoxy groups -OCH3 is 1. The summed E-state index contributed by atoms with van der Waals surface area (Å²) in [5.41, 5.74) is 3.66. The van der Waals surface area contributed by atoms with Crippen molar-refractivity contribution in [3.8, 4) is 23.0 Å². The third kappa shape index (κ3) is 5.16. The van der Waals surface area contributed by atoms with E-state index in [0.717, 1.165) is 0 Å². The number of amides is 2. The van der Waals surface area contributed by atoms with Crippen LogP contribution >= 0.6 is 0 Å². The van der Waals surface area contributed by atoms with Crippen molar-refractivity contribution in [2.45, 2.75) is 0 Å². The highest BCUT2D eigenvalue weighted by Gasteiger charge is 2.17. The van der Waals surface area contributed by atoms with Crippen LogP contribution in [-0.2, 0) is 4.79 Å². The lowest BCUT2D eigenvalue weighted by atomic mass is 10.1. The number of fused-ring (bicyclic) bond motifs is 1. The Labute approximate surface area is 195 Å². The van der Waals surface area contributed by atoms with Crippen LogP contribution < -0.4 is 25.0 Å². The fourth-order valence-electron chi connectivity index (χ4n) is 3.14. The molecule has 0 saturated carbocycles. The zero-order valence-electron chi connectivity index (χ0n) is 18.1. The molecule has 0 unspecified atom stereocenters. The van der Waals surface area contributed by atoms with Gasteiger partial charge in [0, 0.05) is 11.1 Å².